The molecular weight excluding hydrogens is 652 g/mol. The third kappa shape index (κ3) is 8.45. The largest absolute Gasteiger partial charge is 0.480 e. The standard InChI is InChI=1S/C40H54N2O9/c1-38-19-16-28(43)24-27(38)12-13-29-30(38)17-20-39(2)31(29)18-21-40(39,50)33(44)25-51-36(47)15-14-34(45)41-22-8-4-7-11-35(46)42-32(37(48)49)23-26-9-5-3-6-10-26/h3,5-6,9-10,24,29-32,50H,4,7-8,11-23,25H2,1-2H3,(H,41,45)(H,42,46)(H,48,49)/t29-,30+,31+,32+,38+,39+,40+/m1/s1. The first-order valence-electron chi connectivity index (χ1n) is 18.7. The van der Waals surface area contributed by atoms with Gasteiger partial charge in [-0.2, -0.15) is 0 Å². The molecule has 5 rings (SSSR count). The van der Waals surface area contributed by atoms with Crippen molar-refractivity contribution < 1.29 is 43.7 Å². The first-order chi connectivity index (χ1) is 24.3. The number of Topliss-reactive ketones (excluding diaryl/α,β-unsaturated/α-hetero) is 1. The zero-order valence-electron chi connectivity index (χ0n) is 30.0. The molecule has 3 saturated carbocycles. The number of amides is 2. The summed E-state index contributed by atoms with van der Waals surface area (Å²) >= 11 is 0. The van der Waals surface area contributed by atoms with Gasteiger partial charge in [0.25, 0.3) is 0 Å². The zero-order chi connectivity index (χ0) is 36.8. The van der Waals surface area contributed by atoms with Gasteiger partial charge in [-0.3, -0.25) is 24.0 Å². The van der Waals surface area contributed by atoms with E-state index in [2.05, 4.69) is 17.6 Å². The molecule has 0 bridgehead atoms. The van der Waals surface area contributed by atoms with E-state index in [4.69, 9.17) is 4.74 Å². The molecule has 0 unspecified atom stereocenters. The number of carboxylic acids is 1. The minimum atomic E-state index is -1.57. The number of fused-ring (bicyclic) bond motifs is 5. The van der Waals surface area contributed by atoms with Crippen molar-refractivity contribution in [2.75, 3.05) is 13.2 Å². The van der Waals surface area contributed by atoms with Gasteiger partial charge in [-0.1, -0.05) is 56.2 Å². The number of rotatable bonds is 16. The van der Waals surface area contributed by atoms with Gasteiger partial charge in [0, 0.05) is 37.6 Å². The average Bonchev–Trinajstić information content (AvgIpc) is 3.39. The highest BCUT2D eigenvalue weighted by Gasteiger charge is 2.66. The lowest BCUT2D eigenvalue weighted by Crippen LogP contribution is -2.58. The Bertz CT molecular complexity index is 1520. The number of ether oxygens (including phenoxy) is 1. The van der Waals surface area contributed by atoms with Crippen molar-refractivity contribution in [1.29, 1.82) is 0 Å². The van der Waals surface area contributed by atoms with Crippen LogP contribution in [-0.2, 0) is 39.9 Å². The van der Waals surface area contributed by atoms with E-state index in [0.29, 0.717) is 56.9 Å². The predicted molar refractivity (Wildman–Crippen MR) is 188 cm³/mol. The average molecular weight is 707 g/mol. The van der Waals surface area contributed by atoms with Gasteiger partial charge in [0.05, 0.1) is 6.42 Å². The van der Waals surface area contributed by atoms with Gasteiger partial charge in [-0.05, 0) is 92.6 Å². The molecule has 1 aromatic carbocycles. The van der Waals surface area contributed by atoms with Gasteiger partial charge >= 0.3 is 11.9 Å². The van der Waals surface area contributed by atoms with Crippen LogP contribution in [0.3, 0.4) is 0 Å². The van der Waals surface area contributed by atoms with Crippen molar-refractivity contribution in [1.82, 2.24) is 10.6 Å². The van der Waals surface area contributed by atoms with Crippen LogP contribution in [0.25, 0.3) is 0 Å². The summed E-state index contributed by atoms with van der Waals surface area (Å²) in [5.41, 5.74) is -0.0751. The van der Waals surface area contributed by atoms with E-state index >= 15 is 0 Å². The molecule has 4 N–H and O–H groups in total. The van der Waals surface area contributed by atoms with Gasteiger partial charge in [-0.15, -0.1) is 0 Å². The number of hydrogen-bond acceptors (Lipinski definition) is 8. The van der Waals surface area contributed by atoms with Gasteiger partial charge < -0.3 is 25.6 Å². The van der Waals surface area contributed by atoms with Crippen LogP contribution >= 0.6 is 0 Å². The first kappa shape index (κ1) is 38.4. The molecule has 0 spiro atoms. The van der Waals surface area contributed by atoms with Gasteiger partial charge in [-0.25, -0.2) is 4.79 Å². The number of allylic oxidation sites excluding steroid dienone is 1. The lowest BCUT2D eigenvalue weighted by molar-refractivity contribution is -0.170. The Morgan fingerprint density at radius 1 is 0.882 bits per heavy atom. The highest BCUT2D eigenvalue weighted by molar-refractivity contribution is 5.92. The number of hydrogen-bond donors (Lipinski definition) is 4. The Morgan fingerprint density at radius 3 is 2.37 bits per heavy atom. The summed E-state index contributed by atoms with van der Waals surface area (Å²) in [5.74, 6) is -1.69. The van der Waals surface area contributed by atoms with Crippen molar-refractivity contribution in [2.45, 2.75) is 122 Å². The summed E-state index contributed by atoms with van der Waals surface area (Å²) in [7, 11) is 0. The molecule has 4 aliphatic rings. The van der Waals surface area contributed by atoms with Crippen molar-refractivity contribution in [3.8, 4) is 0 Å². The molecule has 51 heavy (non-hydrogen) atoms. The molecule has 0 radical (unpaired) electrons. The van der Waals surface area contributed by atoms with Crippen molar-refractivity contribution >= 4 is 35.3 Å². The number of aliphatic carboxylic acids is 1. The van der Waals surface area contributed by atoms with E-state index in [1.807, 2.05) is 43.3 Å². The maximum atomic E-state index is 13.5. The van der Waals surface area contributed by atoms with E-state index in [0.717, 1.165) is 37.7 Å². The van der Waals surface area contributed by atoms with Crippen LogP contribution in [0.15, 0.2) is 42.0 Å². The summed E-state index contributed by atoms with van der Waals surface area (Å²) in [6, 6.07) is 8.09. The van der Waals surface area contributed by atoms with Crippen LogP contribution in [-0.4, -0.2) is 70.3 Å². The molecule has 0 aromatic heterocycles. The fourth-order valence-corrected chi connectivity index (χ4v) is 9.81. The molecule has 278 valence electrons. The minimum absolute atomic E-state index is 0.000793. The molecule has 11 nitrogen and oxygen atoms in total. The van der Waals surface area contributed by atoms with E-state index in [9.17, 15) is 39.0 Å². The van der Waals surface area contributed by atoms with Crippen LogP contribution in [0.5, 0.6) is 0 Å². The lowest BCUT2D eigenvalue weighted by atomic mass is 9.46. The van der Waals surface area contributed by atoms with E-state index < -0.39 is 41.4 Å². The van der Waals surface area contributed by atoms with Crippen LogP contribution in [0.4, 0.5) is 0 Å². The quantitative estimate of drug-likeness (QED) is 0.141. The smallest absolute Gasteiger partial charge is 0.326 e. The number of carbonyl (C=O) groups is 6. The Morgan fingerprint density at radius 2 is 1.63 bits per heavy atom. The molecule has 11 heteroatoms. The second-order valence-corrected chi connectivity index (χ2v) is 15.7. The Hall–Kier alpha value is -3.86. The second-order valence-electron chi connectivity index (χ2n) is 15.7. The maximum absolute atomic E-state index is 13.5. The van der Waals surface area contributed by atoms with Gasteiger partial charge in [0.15, 0.2) is 12.4 Å². The molecule has 7 atom stereocenters. The molecule has 0 heterocycles. The van der Waals surface area contributed by atoms with Crippen LogP contribution in [0, 0.1) is 28.6 Å². The summed E-state index contributed by atoms with van der Waals surface area (Å²) in [4.78, 5) is 74.2. The molecule has 0 aliphatic heterocycles. The number of aliphatic hydroxyl groups is 1. The van der Waals surface area contributed by atoms with Crippen LogP contribution in [0.2, 0.25) is 0 Å². The Kier molecular flexibility index (Phi) is 12.2. The van der Waals surface area contributed by atoms with E-state index in [1.165, 1.54) is 5.57 Å². The fourth-order valence-electron chi connectivity index (χ4n) is 9.81. The number of carbonyl (C=O) groups excluding carboxylic acids is 5. The Balaban J connectivity index is 0.970. The van der Waals surface area contributed by atoms with Gasteiger partial charge in [0.2, 0.25) is 17.6 Å². The monoisotopic (exact) mass is 706 g/mol. The van der Waals surface area contributed by atoms with Crippen LogP contribution in [0.1, 0.15) is 109 Å². The molecule has 3 fully saturated rings. The number of ketones is 2. The highest BCUT2D eigenvalue weighted by atomic mass is 16.5. The van der Waals surface area contributed by atoms with Crippen molar-refractivity contribution in [2.24, 2.45) is 28.6 Å². The summed E-state index contributed by atoms with van der Waals surface area (Å²) in [6.07, 6.45) is 9.75. The molecule has 1 aromatic rings. The number of benzene rings is 1. The first-order valence-corrected chi connectivity index (χ1v) is 18.7. The van der Waals surface area contributed by atoms with Gasteiger partial charge in [0.1, 0.15) is 11.6 Å². The minimum Gasteiger partial charge on any atom is -0.480 e. The van der Waals surface area contributed by atoms with Crippen molar-refractivity contribution in [3.63, 3.8) is 0 Å². The summed E-state index contributed by atoms with van der Waals surface area (Å²) in [6.45, 7) is 4.17. The van der Waals surface area contributed by atoms with E-state index in [-0.39, 0.29) is 54.6 Å². The Labute approximate surface area is 300 Å². The number of nitrogens with one attached hydrogen (secondary N) is 2. The lowest BCUT2D eigenvalue weighted by Gasteiger charge is -2.58. The molecular formula is C40H54N2O9. The molecule has 2 amide bonds. The topological polar surface area (TPSA) is 176 Å². The number of carboxylic acid groups (broad SMARTS) is 1. The molecule has 0 saturated heterocycles. The second kappa shape index (κ2) is 16.2. The molecule has 4 aliphatic carbocycles. The summed E-state index contributed by atoms with van der Waals surface area (Å²) < 4.78 is 5.27. The number of unbranched alkanes of at least 4 members (excludes halogenated alkanes) is 2. The zero-order valence-corrected chi connectivity index (χ0v) is 30.0. The predicted octanol–water partition coefficient (Wildman–Crippen LogP) is 4.63. The SMILES string of the molecule is C[C@]12CCC(=O)C=C1CC[C@@H]1[C@@H]2CC[C@@]2(C)[C@H]1CC[C@]2(O)C(=O)COC(=O)CCC(=O)NCCCCCC(=O)N[C@@H](Cc1ccccc1)C(=O)O. The van der Waals surface area contributed by atoms with Crippen molar-refractivity contribution in [3.05, 3.63) is 47.5 Å². The van der Waals surface area contributed by atoms with Crippen LogP contribution < -0.4 is 10.6 Å². The third-order valence-corrected chi connectivity index (χ3v) is 12.8. The van der Waals surface area contributed by atoms with E-state index in [1.54, 1.807) is 0 Å². The third-order valence-electron chi connectivity index (χ3n) is 12.8. The highest BCUT2D eigenvalue weighted by Crippen LogP contribution is 2.67. The maximum Gasteiger partial charge on any atom is 0.326 e. The fraction of sp³-hybridized carbons (Fsp3) is 0.650. The number of esters is 1. The normalized spacial score (nSPS) is 30.1. The summed E-state index contributed by atoms with van der Waals surface area (Å²) in [5, 5.41) is 26.6.